The minimum atomic E-state index is -0.963. The van der Waals surface area contributed by atoms with Gasteiger partial charge in [0, 0.05) is 10.7 Å². The number of nitrogens with one attached hydrogen (secondary N) is 1. The molecule has 20 heavy (non-hydrogen) atoms. The number of nitrogens with zero attached hydrogens (tertiary/aromatic N) is 1. The molecule has 2 N–H and O–H groups in total. The van der Waals surface area contributed by atoms with E-state index in [0.717, 1.165) is 0 Å². The molecule has 4 nitrogen and oxygen atoms in total. The Kier molecular flexibility index (Phi) is 3.92. The number of nitriles is 1. The molecule has 0 aliphatic rings. The number of carboxylic acid groups (broad SMARTS) is 1. The standard InChI is InChI=1S/C15H11ClN2O2/c1-9-6-12(4-5-13(9)15(19)20)18-14-7-11(16)3-2-10(14)8-17/h2-7,18H,1H3,(H,19,20). The van der Waals surface area contributed by atoms with Crippen LogP contribution in [0, 0.1) is 18.3 Å². The Morgan fingerprint density at radius 2 is 2.05 bits per heavy atom. The second kappa shape index (κ2) is 5.64. The van der Waals surface area contributed by atoms with Crippen LogP contribution in [0.25, 0.3) is 0 Å². The fourth-order valence-electron chi connectivity index (χ4n) is 1.85. The van der Waals surface area contributed by atoms with E-state index in [1.165, 1.54) is 6.07 Å². The van der Waals surface area contributed by atoms with E-state index in [4.69, 9.17) is 22.0 Å². The highest BCUT2D eigenvalue weighted by atomic mass is 35.5. The van der Waals surface area contributed by atoms with Crippen LogP contribution in [0.5, 0.6) is 0 Å². The van der Waals surface area contributed by atoms with Crippen LogP contribution in [0.3, 0.4) is 0 Å². The van der Waals surface area contributed by atoms with Crippen molar-refractivity contribution in [2.75, 3.05) is 5.32 Å². The van der Waals surface area contributed by atoms with Gasteiger partial charge in [0.25, 0.3) is 0 Å². The quantitative estimate of drug-likeness (QED) is 0.895. The van der Waals surface area contributed by atoms with E-state index in [0.29, 0.717) is 27.5 Å². The van der Waals surface area contributed by atoms with Gasteiger partial charge in [-0.15, -0.1) is 0 Å². The summed E-state index contributed by atoms with van der Waals surface area (Å²) in [5.41, 5.74) is 2.65. The third-order valence-corrected chi connectivity index (χ3v) is 3.07. The molecule has 0 aromatic heterocycles. The summed E-state index contributed by atoms with van der Waals surface area (Å²) in [5, 5.41) is 21.6. The Bertz CT molecular complexity index is 720. The SMILES string of the molecule is Cc1cc(Nc2cc(Cl)ccc2C#N)ccc1C(=O)O. The van der Waals surface area contributed by atoms with E-state index in [1.54, 1.807) is 37.3 Å². The van der Waals surface area contributed by atoms with Crippen LogP contribution in [-0.2, 0) is 0 Å². The highest BCUT2D eigenvalue weighted by Crippen LogP contribution is 2.25. The van der Waals surface area contributed by atoms with E-state index in [-0.39, 0.29) is 5.56 Å². The van der Waals surface area contributed by atoms with Crippen molar-refractivity contribution in [1.29, 1.82) is 5.26 Å². The molecule has 0 aliphatic carbocycles. The maximum absolute atomic E-state index is 11.0. The van der Waals surface area contributed by atoms with Crippen LogP contribution >= 0.6 is 11.6 Å². The summed E-state index contributed by atoms with van der Waals surface area (Å²) >= 11 is 5.91. The number of anilines is 2. The van der Waals surface area contributed by atoms with Gasteiger partial charge < -0.3 is 10.4 Å². The van der Waals surface area contributed by atoms with Crippen molar-refractivity contribution < 1.29 is 9.90 Å². The second-order valence-corrected chi connectivity index (χ2v) is 4.70. The summed E-state index contributed by atoms with van der Waals surface area (Å²) in [7, 11) is 0. The molecule has 2 aromatic carbocycles. The molecule has 0 bridgehead atoms. The molecule has 0 amide bonds. The smallest absolute Gasteiger partial charge is 0.335 e. The maximum Gasteiger partial charge on any atom is 0.335 e. The normalized spacial score (nSPS) is 9.85. The summed E-state index contributed by atoms with van der Waals surface area (Å²) in [6, 6.07) is 11.9. The van der Waals surface area contributed by atoms with Crippen LogP contribution in [0.2, 0.25) is 5.02 Å². The number of benzene rings is 2. The summed E-state index contributed by atoms with van der Waals surface area (Å²) < 4.78 is 0. The van der Waals surface area contributed by atoms with Crippen LogP contribution in [-0.4, -0.2) is 11.1 Å². The van der Waals surface area contributed by atoms with Crippen molar-refractivity contribution in [2.45, 2.75) is 6.92 Å². The van der Waals surface area contributed by atoms with Crippen molar-refractivity contribution in [1.82, 2.24) is 0 Å². The summed E-state index contributed by atoms with van der Waals surface area (Å²) in [6.45, 7) is 1.72. The molecular weight excluding hydrogens is 276 g/mol. The Labute approximate surface area is 121 Å². The van der Waals surface area contributed by atoms with Gasteiger partial charge in [0.1, 0.15) is 6.07 Å². The number of hydrogen-bond donors (Lipinski definition) is 2. The summed E-state index contributed by atoms with van der Waals surface area (Å²) in [5.74, 6) is -0.963. The third kappa shape index (κ3) is 2.90. The topological polar surface area (TPSA) is 73.1 Å². The summed E-state index contributed by atoms with van der Waals surface area (Å²) in [6.07, 6.45) is 0. The molecular formula is C15H11ClN2O2. The van der Waals surface area contributed by atoms with Gasteiger partial charge in [-0.05, 0) is 48.9 Å². The number of aryl methyl sites for hydroxylation is 1. The zero-order valence-electron chi connectivity index (χ0n) is 10.6. The number of halogens is 1. The number of carboxylic acids is 1. The largest absolute Gasteiger partial charge is 0.478 e. The molecule has 0 radical (unpaired) electrons. The van der Waals surface area contributed by atoms with E-state index < -0.39 is 5.97 Å². The fourth-order valence-corrected chi connectivity index (χ4v) is 2.03. The molecule has 0 aliphatic heterocycles. The molecule has 2 rings (SSSR count). The monoisotopic (exact) mass is 286 g/mol. The van der Waals surface area contributed by atoms with Crippen LogP contribution in [0.1, 0.15) is 21.5 Å². The molecule has 0 saturated heterocycles. The van der Waals surface area contributed by atoms with Crippen LogP contribution < -0.4 is 5.32 Å². The second-order valence-electron chi connectivity index (χ2n) is 4.26. The van der Waals surface area contributed by atoms with E-state index in [2.05, 4.69) is 11.4 Å². The van der Waals surface area contributed by atoms with Crippen molar-refractivity contribution in [2.24, 2.45) is 0 Å². The molecule has 0 unspecified atom stereocenters. The third-order valence-electron chi connectivity index (χ3n) is 2.84. The molecule has 2 aromatic rings. The van der Waals surface area contributed by atoms with E-state index >= 15 is 0 Å². The van der Waals surface area contributed by atoms with Crippen molar-refractivity contribution in [3.05, 3.63) is 58.1 Å². The van der Waals surface area contributed by atoms with Gasteiger partial charge in [-0.2, -0.15) is 5.26 Å². The molecule has 5 heteroatoms. The average Bonchev–Trinajstić information content (AvgIpc) is 2.38. The zero-order chi connectivity index (χ0) is 14.7. The molecule has 0 saturated carbocycles. The fraction of sp³-hybridized carbons (Fsp3) is 0.0667. The van der Waals surface area contributed by atoms with Gasteiger partial charge in [0.15, 0.2) is 0 Å². The Balaban J connectivity index is 2.36. The maximum atomic E-state index is 11.0. The van der Waals surface area contributed by atoms with Gasteiger partial charge in [-0.1, -0.05) is 11.6 Å². The number of carbonyl (C=O) groups is 1. The summed E-state index contributed by atoms with van der Waals surface area (Å²) in [4.78, 5) is 11.0. The molecule has 0 spiro atoms. The van der Waals surface area contributed by atoms with Gasteiger partial charge in [0.2, 0.25) is 0 Å². The first-order valence-corrected chi connectivity index (χ1v) is 6.19. The Morgan fingerprint density at radius 3 is 2.65 bits per heavy atom. The minimum Gasteiger partial charge on any atom is -0.478 e. The first-order valence-electron chi connectivity index (χ1n) is 5.82. The van der Waals surface area contributed by atoms with Crippen molar-refractivity contribution in [3.8, 4) is 6.07 Å². The Hall–Kier alpha value is -2.51. The predicted octanol–water partition coefficient (Wildman–Crippen LogP) is 3.96. The van der Waals surface area contributed by atoms with Gasteiger partial charge in [0.05, 0.1) is 16.8 Å². The molecule has 100 valence electrons. The highest BCUT2D eigenvalue weighted by Gasteiger charge is 2.08. The van der Waals surface area contributed by atoms with Gasteiger partial charge in [-0.3, -0.25) is 0 Å². The molecule has 0 atom stereocenters. The lowest BCUT2D eigenvalue weighted by Crippen LogP contribution is -2.01. The van der Waals surface area contributed by atoms with Crippen molar-refractivity contribution >= 4 is 28.9 Å². The highest BCUT2D eigenvalue weighted by molar-refractivity contribution is 6.30. The van der Waals surface area contributed by atoms with E-state index in [1.807, 2.05) is 0 Å². The number of rotatable bonds is 3. The lowest BCUT2D eigenvalue weighted by molar-refractivity contribution is 0.0696. The molecule has 0 heterocycles. The first-order chi connectivity index (χ1) is 9.51. The van der Waals surface area contributed by atoms with Crippen molar-refractivity contribution in [3.63, 3.8) is 0 Å². The number of hydrogen-bond acceptors (Lipinski definition) is 3. The minimum absolute atomic E-state index is 0.252. The zero-order valence-corrected chi connectivity index (χ0v) is 11.4. The average molecular weight is 287 g/mol. The first kappa shape index (κ1) is 13.9. The van der Waals surface area contributed by atoms with Crippen LogP contribution in [0.15, 0.2) is 36.4 Å². The van der Waals surface area contributed by atoms with E-state index in [9.17, 15) is 4.79 Å². The predicted molar refractivity (Wildman–Crippen MR) is 77.6 cm³/mol. The van der Waals surface area contributed by atoms with Gasteiger partial charge >= 0.3 is 5.97 Å². The molecule has 0 fully saturated rings. The van der Waals surface area contributed by atoms with Gasteiger partial charge in [-0.25, -0.2) is 4.79 Å². The Morgan fingerprint density at radius 1 is 1.30 bits per heavy atom. The number of aromatic carboxylic acids is 1. The lowest BCUT2D eigenvalue weighted by atomic mass is 10.1. The lowest BCUT2D eigenvalue weighted by Gasteiger charge is -2.10. The van der Waals surface area contributed by atoms with Crippen LogP contribution in [0.4, 0.5) is 11.4 Å².